The Hall–Kier alpha value is -1.82. The van der Waals surface area contributed by atoms with Gasteiger partial charge in [-0.1, -0.05) is 21.1 Å². The monoisotopic (exact) mass is 311 g/mol. The van der Waals surface area contributed by atoms with E-state index in [9.17, 15) is 4.79 Å². The molecule has 0 aliphatic carbocycles. The number of carbonyl (C=O) groups is 1. The van der Waals surface area contributed by atoms with Crippen molar-refractivity contribution in [1.82, 2.24) is 5.16 Å². The Labute approximate surface area is 112 Å². The zero-order valence-corrected chi connectivity index (χ0v) is 11.1. The molecule has 0 saturated carbocycles. The molecule has 0 aliphatic heterocycles. The Bertz CT molecular complexity index is 539. The summed E-state index contributed by atoms with van der Waals surface area (Å²) in [6.45, 7) is -0.154. The van der Waals surface area contributed by atoms with Crippen molar-refractivity contribution in [3.63, 3.8) is 0 Å². The van der Waals surface area contributed by atoms with E-state index >= 15 is 0 Å². The standard InChI is InChI=1S/C12H10BrNO4/c1-16-12(15)7-17-10-3-2-8(13)6-9(10)11-4-5-14-18-11/h2-6H,7H2,1H3. The SMILES string of the molecule is COC(=O)COc1ccc(Br)cc1-c1ccno1. The second-order valence-corrected chi connectivity index (χ2v) is 4.30. The summed E-state index contributed by atoms with van der Waals surface area (Å²) >= 11 is 3.37. The van der Waals surface area contributed by atoms with Crippen molar-refractivity contribution in [3.05, 3.63) is 34.9 Å². The van der Waals surface area contributed by atoms with Crippen LogP contribution in [0.25, 0.3) is 11.3 Å². The third-order valence-corrected chi connectivity index (χ3v) is 2.71. The second kappa shape index (κ2) is 5.68. The van der Waals surface area contributed by atoms with Gasteiger partial charge in [0.05, 0.1) is 18.9 Å². The fourth-order valence-corrected chi connectivity index (χ4v) is 1.73. The molecule has 2 aromatic rings. The summed E-state index contributed by atoms with van der Waals surface area (Å²) in [7, 11) is 1.31. The van der Waals surface area contributed by atoms with Crippen LogP contribution in [0.5, 0.6) is 5.75 Å². The van der Waals surface area contributed by atoms with Gasteiger partial charge in [0.15, 0.2) is 12.4 Å². The molecule has 1 heterocycles. The smallest absolute Gasteiger partial charge is 0.343 e. The highest BCUT2D eigenvalue weighted by molar-refractivity contribution is 9.10. The normalized spacial score (nSPS) is 10.1. The molecule has 0 aliphatic rings. The van der Waals surface area contributed by atoms with Crippen molar-refractivity contribution < 1.29 is 18.8 Å². The van der Waals surface area contributed by atoms with E-state index in [1.165, 1.54) is 7.11 Å². The van der Waals surface area contributed by atoms with Gasteiger partial charge in [-0.2, -0.15) is 0 Å². The predicted molar refractivity (Wildman–Crippen MR) is 67.2 cm³/mol. The van der Waals surface area contributed by atoms with Crippen molar-refractivity contribution >= 4 is 21.9 Å². The molecular weight excluding hydrogens is 302 g/mol. The number of ether oxygens (including phenoxy) is 2. The lowest BCUT2D eigenvalue weighted by Gasteiger charge is -2.09. The number of hydrogen-bond acceptors (Lipinski definition) is 5. The van der Waals surface area contributed by atoms with Crippen LogP contribution in [-0.4, -0.2) is 24.8 Å². The quantitative estimate of drug-likeness (QED) is 0.812. The Morgan fingerprint density at radius 2 is 2.28 bits per heavy atom. The summed E-state index contributed by atoms with van der Waals surface area (Å²) in [5.41, 5.74) is 0.714. The Morgan fingerprint density at radius 3 is 2.94 bits per heavy atom. The number of halogens is 1. The van der Waals surface area contributed by atoms with Gasteiger partial charge in [0.1, 0.15) is 5.75 Å². The highest BCUT2D eigenvalue weighted by Gasteiger charge is 2.12. The number of carbonyl (C=O) groups excluding carboxylic acids is 1. The lowest BCUT2D eigenvalue weighted by atomic mass is 10.1. The molecule has 0 spiro atoms. The van der Waals surface area contributed by atoms with Crippen LogP contribution in [0.1, 0.15) is 0 Å². The van der Waals surface area contributed by atoms with Crippen LogP contribution in [-0.2, 0) is 9.53 Å². The van der Waals surface area contributed by atoms with Gasteiger partial charge in [-0.3, -0.25) is 0 Å². The second-order valence-electron chi connectivity index (χ2n) is 3.38. The van der Waals surface area contributed by atoms with Gasteiger partial charge >= 0.3 is 5.97 Å². The molecule has 0 radical (unpaired) electrons. The molecule has 0 unspecified atom stereocenters. The lowest BCUT2D eigenvalue weighted by molar-refractivity contribution is -0.142. The van der Waals surface area contributed by atoms with Crippen LogP contribution in [0.4, 0.5) is 0 Å². The topological polar surface area (TPSA) is 61.6 Å². The van der Waals surface area contributed by atoms with Crippen molar-refractivity contribution in [2.75, 3.05) is 13.7 Å². The van der Waals surface area contributed by atoms with E-state index in [0.29, 0.717) is 17.1 Å². The van der Waals surface area contributed by atoms with Crippen LogP contribution in [0.2, 0.25) is 0 Å². The van der Waals surface area contributed by atoms with E-state index in [1.54, 1.807) is 18.3 Å². The zero-order chi connectivity index (χ0) is 13.0. The fraction of sp³-hybridized carbons (Fsp3) is 0.167. The number of nitrogens with zero attached hydrogens (tertiary/aromatic N) is 1. The van der Waals surface area contributed by atoms with E-state index in [-0.39, 0.29) is 6.61 Å². The maximum atomic E-state index is 11.1. The largest absolute Gasteiger partial charge is 0.481 e. The summed E-state index contributed by atoms with van der Waals surface area (Å²) in [5.74, 6) is 0.651. The third kappa shape index (κ3) is 2.89. The van der Waals surface area contributed by atoms with Gasteiger partial charge in [0.2, 0.25) is 0 Å². The molecule has 5 nitrogen and oxygen atoms in total. The van der Waals surface area contributed by atoms with Gasteiger partial charge in [-0.25, -0.2) is 4.79 Å². The lowest BCUT2D eigenvalue weighted by Crippen LogP contribution is -2.12. The highest BCUT2D eigenvalue weighted by atomic mass is 79.9. The number of esters is 1. The minimum Gasteiger partial charge on any atom is -0.481 e. The van der Waals surface area contributed by atoms with E-state index in [1.807, 2.05) is 12.1 Å². The minimum absolute atomic E-state index is 0.154. The number of methoxy groups -OCH3 is 1. The molecule has 0 bridgehead atoms. The maximum absolute atomic E-state index is 11.1. The minimum atomic E-state index is -0.443. The Morgan fingerprint density at radius 1 is 1.44 bits per heavy atom. The van der Waals surface area contributed by atoms with Crippen molar-refractivity contribution in [2.24, 2.45) is 0 Å². The van der Waals surface area contributed by atoms with Crippen LogP contribution in [0.3, 0.4) is 0 Å². The van der Waals surface area contributed by atoms with Crippen molar-refractivity contribution in [3.8, 4) is 17.1 Å². The van der Waals surface area contributed by atoms with Gasteiger partial charge in [0, 0.05) is 10.5 Å². The number of benzene rings is 1. The van der Waals surface area contributed by atoms with Crippen molar-refractivity contribution in [2.45, 2.75) is 0 Å². The third-order valence-electron chi connectivity index (χ3n) is 2.22. The molecule has 1 aromatic heterocycles. The zero-order valence-electron chi connectivity index (χ0n) is 9.55. The molecule has 0 atom stereocenters. The van der Waals surface area contributed by atoms with Crippen LogP contribution in [0, 0.1) is 0 Å². The van der Waals surface area contributed by atoms with Gasteiger partial charge < -0.3 is 14.0 Å². The molecule has 0 fully saturated rings. The molecule has 6 heteroatoms. The summed E-state index contributed by atoms with van der Waals surface area (Å²) in [6, 6.07) is 7.09. The number of rotatable bonds is 4. The molecule has 0 amide bonds. The molecule has 0 N–H and O–H groups in total. The summed E-state index contributed by atoms with van der Waals surface area (Å²) < 4.78 is 15.9. The number of aromatic nitrogens is 1. The van der Waals surface area contributed by atoms with E-state index < -0.39 is 5.97 Å². The first-order valence-corrected chi connectivity index (χ1v) is 5.90. The molecule has 0 saturated heterocycles. The van der Waals surface area contributed by atoms with Gasteiger partial charge in [-0.15, -0.1) is 0 Å². The molecule has 1 aromatic carbocycles. The van der Waals surface area contributed by atoms with Crippen LogP contribution >= 0.6 is 15.9 Å². The first-order chi connectivity index (χ1) is 8.70. The van der Waals surface area contributed by atoms with E-state index in [4.69, 9.17) is 9.26 Å². The average molecular weight is 312 g/mol. The molecular formula is C12H10BrNO4. The first kappa shape index (κ1) is 12.6. The van der Waals surface area contributed by atoms with Gasteiger partial charge in [-0.05, 0) is 18.2 Å². The number of hydrogen-bond donors (Lipinski definition) is 0. The first-order valence-electron chi connectivity index (χ1n) is 5.11. The van der Waals surface area contributed by atoms with Crippen LogP contribution < -0.4 is 4.74 Å². The summed E-state index contributed by atoms with van der Waals surface area (Å²) in [6.07, 6.45) is 1.54. The Balaban J connectivity index is 2.27. The average Bonchev–Trinajstić information content (AvgIpc) is 2.90. The van der Waals surface area contributed by atoms with Gasteiger partial charge in [0.25, 0.3) is 0 Å². The Kier molecular flexibility index (Phi) is 3.99. The van der Waals surface area contributed by atoms with E-state index in [2.05, 4.69) is 25.8 Å². The maximum Gasteiger partial charge on any atom is 0.343 e. The summed E-state index contributed by atoms with van der Waals surface area (Å²) in [5, 5.41) is 3.64. The van der Waals surface area contributed by atoms with Crippen molar-refractivity contribution in [1.29, 1.82) is 0 Å². The molecule has 94 valence electrons. The molecule has 18 heavy (non-hydrogen) atoms. The van der Waals surface area contributed by atoms with Crippen LogP contribution in [0.15, 0.2) is 39.5 Å². The fourth-order valence-electron chi connectivity index (χ4n) is 1.37. The summed E-state index contributed by atoms with van der Waals surface area (Å²) in [4.78, 5) is 11.1. The highest BCUT2D eigenvalue weighted by Crippen LogP contribution is 2.32. The van der Waals surface area contributed by atoms with E-state index in [0.717, 1.165) is 4.47 Å². The molecule has 2 rings (SSSR count). The predicted octanol–water partition coefficient (Wildman–Crippen LogP) is 2.66.